The first-order valence-electron chi connectivity index (χ1n) is 21.7. The lowest BCUT2D eigenvalue weighted by Gasteiger charge is -2.51. The summed E-state index contributed by atoms with van der Waals surface area (Å²) in [5.74, 6) is 0.301. The zero-order valence-corrected chi connectivity index (χ0v) is 34.2. The van der Waals surface area contributed by atoms with E-state index in [1.165, 1.54) is 83.7 Å². The van der Waals surface area contributed by atoms with Crippen molar-refractivity contribution in [2.45, 2.75) is 49.0 Å². The third kappa shape index (κ3) is 4.64. The largest absolute Gasteiger partial charge is 0.334 e. The lowest BCUT2D eigenvalue weighted by Crippen LogP contribution is -2.46. The molecule has 0 radical (unpaired) electrons. The van der Waals surface area contributed by atoms with Crippen molar-refractivity contribution < 1.29 is 0 Å². The molecule has 0 fully saturated rings. The lowest BCUT2D eigenvalue weighted by atomic mass is 9.50. The van der Waals surface area contributed by atoms with Gasteiger partial charge in [-0.2, -0.15) is 0 Å². The molecule has 0 N–H and O–H groups in total. The van der Waals surface area contributed by atoms with Crippen molar-refractivity contribution in [1.29, 1.82) is 0 Å². The first-order chi connectivity index (χ1) is 29.5. The Balaban J connectivity index is 1.08. The minimum absolute atomic E-state index is 0.0573. The molecule has 0 saturated carbocycles. The summed E-state index contributed by atoms with van der Waals surface area (Å²) < 4.78 is 0. The number of hydrogen-bond acceptors (Lipinski definition) is 1. The third-order valence-electron chi connectivity index (χ3n) is 14.8. The minimum atomic E-state index is -0.552. The molecule has 0 amide bonds. The quantitative estimate of drug-likeness (QED) is 0.163. The highest BCUT2D eigenvalue weighted by molar-refractivity contribution is 5.92. The molecule has 288 valence electrons. The molecule has 5 aliphatic carbocycles. The highest BCUT2D eigenvalue weighted by Gasteiger charge is 2.60. The maximum Gasteiger partial charge on any atom is 0.0708 e. The number of nitrogens with zero attached hydrogens (tertiary/aromatic N) is 1. The molecular formula is C59H47N. The number of hydrogen-bond donors (Lipinski definition) is 0. The molecule has 12 rings (SSSR count). The van der Waals surface area contributed by atoms with Gasteiger partial charge in [0.1, 0.15) is 0 Å². The van der Waals surface area contributed by atoms with Crippen molar-refractivity contribution >= 4 is 22.5 Å². The van der Waals surface area contributed by atoms with E-state index in [0.29, 0.717) is 5.92 Å². The zero-order chi connectivity index (χ0) is 40.1. The predicted octanol–water partition coefficient (Wildman–Crippen LogP) is 13.9. The summed E-state index contributed by atoms with van der Waals surface area (Å²) in [7, 11) is 0. The Hall–Kier alpha value is -6.70. The summed E-state index contributed by atoms with van der Waals surface area (Å²) >= 11 is 0. The van der Waals surface area contributed by atoms with Gasteiger partial charge in [0.2, 0.25) is 0 Å². The maximum absolute atomic E-state index is 2.57. The second-order valence-electron chi connectivity index (χ2n) is 17.8. The van der Waals surface area contributed by atoms with Gasteiger partial charge in [0, 0.05) is 22.7 Å². The average molecular weight is 770 g/mol. The number of rotatable bonds is 6. The molecule has 4 atom stereocenters. The van der Waals surface area contributed by atoms with E-state index in [-0.39, 0.29) is 16.9 Å². The molecular weight excluding hydrogens is 723 g/mol. The van der Waals surface area contributed by atoms with Crippen LogP contribution in [-0.2, 0) is 16.2 Å². The zero-order valence-electron chi connectivity index (χ0n) is 34.2. The fraction of sp³-hybridized carbons (Fsp3) is 0.153. The summed E-state index contributed by atoms with van der Waals surface area (Å²) in [6.45, 7) is 4.78. The smallest absolute Gasteiger partial charge is 0.0708 e. The van der Waals surface area contributed by atoms with Crippen LogP contribution in [-0.4, -0.2) is 6.04 Å². The third-order valence-corrected chi connectivity index (χ3v) is 14.8. The van der Waals surface area contributed by atoms with Crippen LogP contribution in [0.3, 0.4) is 0 Å². The van der Waals surface area contributed by atoms with E-state index in [9.17, 15) is 0 Å². The van der Waals surface area contributed by atoms with Crippen LogP contribution in [0.5, 0.6) is 0 Å². The Morgan fingerprint density at radius 3 is 1.83 bits per heavy atom. The second-order valence-corrected chi connectivity index (χ2v) is 17.8. The predicted molar refractivity (Wildman–Crippen MR) is 249 cm³/mol. The van der Waals surface area contributed by atoms with Gasteiger partial charge >= 0.3 is 0 Å². The topological polar surface area (TPSA) is 3.24 Å². The van der Waals surface area contributed by atoms with Gasteiger partial charge < -0.3 is 4.90 Å². The Kier molecular flexibility index (Phi) is 7.73. The van der Waals surface area contributed by atoms with Crippen LogP contribution in [0.25, 0.3) is 11.1 Å². The second kappa shape index (κ2) is 13.2. The number of benzene rings is 7. The molecule has 0 saturated heterocycles. The van der Waals surface area contributed by atoms with Gasteiger partial charge in [-0.15, -0.1) is 0 Å². The molecule has 1 heteroatoms. The number of allylic oxidation sites excluding steroid dienone is 6. The van der Waals surface area contributed by atoms with E-state index >= 15 is 0 Å². The monoisotopic (exact) mass is 769 g/mol. The van der Waals surface area contributed by atoms with Crippen molar-refractivity contribution in [3.05, 3.63) is 274 Å². The molecule has 7 aromatic carbocycles. The molecule has 0 spiro atoms. The van der Waals surface area contributed by atoms with Gasteiger partial charge in [0.25, 0.3) is 0 Å². The van der Waals surface area contributed by atoms with Crippen LogP contribution < -0.4 is 4.90 Å². The van der Waals surface area contributed by atoms with Crippen LogP contribution in [0, 0.1) is 5.92 Å². The van der Waals surface area contributed by atoms with Gasteiger partial charge in [-0.05, 0) is 109 Å². The molecule has 4 unspecified atom stereocenters. The van der Waals surface area contributed by atoms with Crippen LogP contribution in [0.15, 0.2) is 218 Å². The van der Waals surface area contributed by atoms with E-state index in [1.54, 1.807) is 0 Å². The molecule has 5 aliphatic rings. The Bertz CT molecular complexity index is 2950. The number of anilines is 2. The fourth-order valence-electron chi connectivity index (χ4n) is 12.4. The van der Waals surface area contributed by atoms with Crippen LogP contribution in [0.1, 0.15) is 82.3 Å². The highest BCUT2D eigenvalue weighted by Crippen LogP contribution is 2.67. The van der Waals surface area contributed by atoms with Crippen LogP contribution in [0.2, 0.25) is 0 Å². The minimum Gasteiger partial charge on any atom is -0.334 e. The standard InChI is InChI=1S/C59H47N/c1-57(2)50-28-14-12-25-46(50)48-38-37-45(39-55(48)57)60(43-23-10-5-11-24-43)44-35-33-42(34-36-44)58(40-19-6-3-7-20-40)52-30-16-17-31-53(52)59(41-21-8-4-9-22-41)51-29-15-13-26-47(51)49-27-18-32-54(58)56(49)59/h3-28,30-36,38-39,45,51H,29,37H2,1-2H3. The van der Waals surface area contributed by atoms with Gasteiger partial charge in [-0.25, -0.2) is 0 Å². The molecule has 0 heterocycles. The van der Waals surface area contributed by atoms with Gasteiger partial charge in [-0.3, -0.25) is 0 Å². The van der Waals surface area contributed by atoms with Gasteiger partial charge in [0.05, 0.1) is 16.9 Å². The molecule has 0 bridgehead atoms. The van der Waals surface area contributed by atoms with E-state index in [2.05, 4.69) is 231 Å². The normalized spacial score (nSPS) is 23.5. The van der Waals surface area contributed by atoms with Crippen LogP contribution in [0.4, 0.5) is 11.4 Å². The summed E-state index contributed by atoms with van der Waals surface area (Å²) in [4.78, 5) is 2.57. The first kappa shape index (κ1) is 35.3. The lowest BCUT2D eigenvalue weighted by molar-refractivity contribution is 0.454. The average Bonchev–Trinajstić information content (AvgIpc) is 3.75. The van der Waals surface area contributed by atoms with Crippen molar-refractivity contribution in [1.82, 2.24) is 0 Å². The summed E-state index contributed by atoms with van der Waals surface area (Å²) in [5, 5.41) is 0. The van der Waals surface area contributed by atoms with Gasteiger partial charge in [-0.1, -0.05) is 202 Å². The van der Waals surface area contributed by atoms with Crippen molar-refractivity contribution in [2.24, 2.45) is 5.92 Å². The van der Waals surface area contributed by atoms with Crippen molar-refractivity contribution in [3.8, 4) is 0 Å². The number of fused-ring (bicyclic) bond motifs is 8. The summed E-state index contributed by atoms with van der Waals surface area (Å²) in [5.41, 5.74) is 19.5. The molecule has 60 heavy (non-hydrogen) atoms. The Labute approximate surface area is 354 Å². The molecule has 0 aromatic heterocycles. The van der Waals surface area contributed by atoms with E-state index in [1.807, 2.05) is 0 Å². The van der Waals surface area contributed by atoms with Crippen molar-refractivity contribution in [3.63, 3.8) is 0 Å². The Morgan fingerprint density at radius 1 is 0.500 bits per heavy atom. The molecule has 1 nitrogen and oxygen atoms in total. The van der Waals surface area contributed by atoms with E-state index in [0.717, 1.165) is 12.8 Å². The fourth-order valence-corrected chi connectivity index (χ4v) is 12.4. The van der Waals surface area contributed by atoms with E-state index < -0.39 is 5.41 Å². The Morgan fingerprint density at radius 2 is 1.08 bits per heavy atom. The van der Waals surface area contributed by atoms with Crippen LogP contribution >= 0.6 is 0 Å². The summed E-state index contributed by atoms with van der Waals surface area (Å²) in [6.07, 6.45) is 14.1. The maximum atomic E-state index is 2.57. The van der Waals surface area contributed by atoms with E-state index in [4.69, 9.17) is 0 Å². The SMILES string of the molecule is CC1(C)C2=CC(N(c3ccccc3)c3ccc(C4(c5ccccc5)c5ccccc5C5(c6ccccc6)c6c(cccc64)C4=CC=CCC45)cc3)CC=C2c2ccccc21. The van der Waals surface area contributed by atoms with Gasteiger partial charge in [0.15, 0.2) is 0 Å². The first-order valence-corrected chi connectivity index (χ1v) is 21.7. The van der Waals surface area contributed by atoms with Crippen molar-refractivity contribution in [2.75, 3.05) is 4.90 Å². The number of para-hydroxylation sites is 1. The molecule has 0 aliphatic heterocycles. The highest BCUT2D eigenvalue weighted by atomic mass is 15.2. The molecule has 7 aromatic rings. The summed E-state index contributed by atoms with van der Waals surface area (Å²) in [6, 6.07) is 69.2.